The Balaban J connectivity index is 0.000000791. The molecule has 0 saturated carbocycles. The second kappa shape index (κ2) is 6.60. The second-order valence-electron chi connectivity index (χ2n) is 2.87. The Hall–Kier alpha value is -0.830. The predicted octanol–water partition coefficient (Wildman–Crippen LogP) is 2.30. The quantitative estimate of drug-likeness (QED) is 0.773. The van der Waals surface area contributed by atoms with Crippen LogP contribution in [0.3, 0.4) is 0 Å². The van der Waals surface area contributed by atoms with Gasteiger partial charge in [0.2, 0.25) is 0 Å². The molecular formula is C11H18O2S. The zero-order chi connectivity index (χ0) is 11.0. The molecule has 0 radical (unpaired) electrons. The third-order valence-corrected chi connectivity index (χ3v) is 2.55. The summed E-state index contributed by atoms with van der Waals surface area (Å²) in [6.07, 6.45) is 1.87. The Morgan fingerprint density at radius 2 is 1.57 bits per heavy atom. The van der Waals surface area contributed by atoms with Crippen molar-refractivity contribution in [2.24, 2.45) is 0 Å². The molecule has 1 aromatic carbocycles. The number of aryl methyl sites for hydroxylation is 1. The van der Waals surface area contributed by atoms with Crippen molar-refractivity contribution >= 4 is 9.84 Å². The fourth-order valence-electron chi connectivity index (χ4n) is 0.948. The van der Waals surface area contributed by atoms with E-state index in [2.05, 4.69) is 0 Å². The molecule has 0 aliphatic heterocycles. The average Bonchev–Trinajstić information content (AvgIpc) is 2.19. The number of sulfone groups is 1. The third kappa shape index (κ3) is 6.66. The normalized spacial score (nSPS) is 10.2. The lowest BCUT2D eigenvalue weighted by Gasteiger charge is -1.98. The molecule has 0 fully saturated rings. The van der Waals surface area contributed by atoms with Crippen molar-refractivity contribution in [2.75, 3.05) is 12.0 Å². The minimum atomic E-state index is -2.82. The van der Waals surface area contributed by atoms with Crippen molar-refractivity contribution in [2.45, 2.75) is 20.3 Å². The van der Waals surface area contributed by atoms with Crippen LogP contribution in [-0.2, 0) is 16.3 Å². The van der Waals surface area contributed by atoms with Crippen LogP contribution in [0.5, 0.6) is 0 Å². The smallest absolute Gasteiger partial charge is 0.147 e. The van der Waals surface area contributed by atoms with Crippen molar-refractivity contribution in [3.63, 3.8) is 0 Å². The Bertz CT molecular complexity index is 328. The van der Waals surface area contributed by atoms with E-state index in [-0.39, 0.29) is 5.75 Å². The molecule has 0 unspecified atom stereocenters. The second-order valence-corrected chi connectivity index (χ2v) is 5.13. The summed E-state index contributed by atoms with van der Waals surface area (Å²) in [5, 5.41) is 0. The highest BCUT2D eigenvalue weighted by molar-refractivity contribution is 7.90. The molecule has 3 heteroatoms. The molecular weight excluding hydrogens is 196 g/mol. The molecule has 2 nitrogen and oxygen atoms in total. The predicted molar refractivity (Wildman–Crippen MR) is 61.2 cm³/mol. The van der Waals surface area contributed by atoms with Crippen LogP contribution >= 0.6 is 0 Å². The monoisotopic (exact) mass is 214 g/mol. The zero-order valence-corrected chi connectivity index (χ0v) is 9.84. The van der Waals surface area contributed by atoms with E-state index in [0.717, 1.165) is 5.56 Å². The van der Waals surface area contributed by atoms with E-state index in [1.807, 2.05) is 44.2 Å². The summed E-state index contributed by atoms with van der Waals surface area (Å²) in [6.45, 7) is 4.00. The minimum Gasteiger partial charge on any atom is -0.229 e. The molecule has 0 aromatic heterocycles. The van der Waals surface area contributed by atoms with E-state index in [1.165, 1.54) is 6.26 Å². The summed E-state index contributed by atoms with van der Waals surface area (Å²) in [5.74, 6) is 0.233. The van der Waals surface area contributed by atoms with E-state index < -0.39 is 9.84 Å². The first-order valence-corrected chi connectivity index (χ1v) is 6.86. The highest BCUT2D eigenvalue weighted by atomic mass is 32.2. The molecule has 1 aromatic rings. The molecule has 1 rings (SSSR count). The van der Waals surface area contributed by atoms with Gasteiger partial charge in [-0.15, -0.1) is 0 Å². The lowest BCUT2D eigenvalue weighted by Crippen LogP contribution is -2.05. The van der Waals surface area contributed by atoms with E-state index >= 15 is 0 Å². The topological polar surface area (TPSA) is 34.1 Å². The van der Waals surface area contributed by atoms with Crippen LogP contribution in [0.4, 0.5) is 0 Å². The average molecular weight is 214 g/mol. The maximum absolute atomic E-state index is 10.8. The summed E-state index contributed by atoms with van der Waals surface area (Å²) in [6, 6.07) is 9.62. The highest BCUT2D eigenvalue weighted by Crippen LogP contribution is 2.00. The summed E-state index contributed by atoms with van der Waals surface area (Å²) in [5.41, 5.74) is 1.07. The Kier molecular flexibility index (Phi) is 6.21. The van der Waals surface area contributed by atoms with Crippen LogP contribution in [0, 0.1) is 0 Å². The summed E-state index contributed by atoms with van der Waals surface area (Å²) < 4.78 is 21.6. The van der Waals surface area contributed by atoms with Crippen molar-refractivity contribution < 1.29 is 8.42 Å². The first-order chi connectivity index (χ1) is 6.58. The fourth-order valence-corrected chi connectivity index (χ4v) is 1.55. The molecule has 0 aliphatic rings. The number of rotatable bonds is 3. The van der Waals surface area contributed by atoms with E-state index in [4.69, 9.17) is 0 Å². The fraction of sp³-hybridized carbons (Fsp3) is 0.455. The van der Waals surface area contributed by atoms with E-state index in [9.17, 15) is 8.42 Å². The van der Waals surface area contributed by atoms with Gasteiger partial charge in [0, 0.05) is 6.26 Å². The lowest BCUT2D eigenvalue weighted by molar-refractivity contribution is 0.601. The summed E-state index contributed by atoms with van der Waals surface area (Å²) in [4.78, 5) is 0. The van der Waals surface area contributed by atoms with Crippen molar-refractivity contribution in [3.05, 3.63) is 35.9 Å². The van der Waals surface area contributed by atoms with Crippen LogP contribution in [0.1, 0.15) is 19.4 Å². The Labute approximate surface area is 86.9 Å². The summed E-state index contributed by atoms with van der Waals surface area (Å²) >= 11 is 0. The molecule has 0 saturated heterocycles. The van der Waals surface area contributed by atoms with Gasteiger partial charge in [0.15, 0.2) is 0 Å². The van der Waals surface area contributed by atoms with Crippen LogP contribution < -0.4 is 0 Å². The van der Waals surface area contributed by atoms with Crippen molar-refractivity contribution in [3.8, 4) is 0 Å². The van der Waals surface area contributed by atoms with Crippen molar-refractivity contribution in [1.82, 2.24) is 0 Å². The first-order valence-electron chi connectivity index (χ1n) is 4.79. The Morgan fingerprint density at radius 3 is 2.00 bits per heavy atom. The zero-order valence-electron chi connectivity index (χ0n) is 9.03. The van der Waals surface area contributed by atoms with Gasteiger partial charge in [0.05, 0.1) is 5.75 Å². The molecule has 0 N–H and O–H groups in total. The standard InChI is InChI=1S/C9H12O2S.C2H6/c1-12(10,11)8-7-9-5-3-2-4-6-9;1-2/h2-6H,7-8H2,1H3;1-2H3. The molecule has 0 bridgehead atoms. The highest BCUT2D eigenvalue weighted by Gasteiger charge is 2.01. The van der Waals surface area contributed by atoms with Gasteiger partial charge < -0.3 is 0 Å². The molecule has 0 spiro atoms. The molecule has 0 amide bonds. The maximum atomic E-state index is 10.8. The van der Waals surface area contributed by atoms with Crippen LogP contribution in [0.2, 0.25) is 0 Å². The van der Waals surface area contributed by atoms with Gasteiger partial charge >= 0.3 is 0 Å². The number of hydrogen-bond donors (Lipinski definition) is 0. The lowest BCUT2D eigenvalue weighted by atomic mass is 10.2. The SMILES string of the molecule is CC.CS(=O)(=O)CCc1ccccc1. The van der Waals surface area contributed by atoms with Gasteiger partial charge in [-0.3, -0.25) is 0 Å². The molecule has 14 heavy (non-hydrogen) atoms. The minimum absolute atomic E-state index is 0.233. The molecule has 0 atom stereocenters. The van der Waals surface area contributed by atoms with Gasteiger partial charge in [-0.25, -0.2) is 8.42 Å². The number of benzene rings is 1. The van der Waals surface area contributed by atoms with E-state index in [0.29, 0.717) is 6.42 Å². The number of hydrogen-bond acceptors (Lipinski definition) is 2. The van der Waals surface area contributed by atoms with Gasteiger partial charge in [0.1, 0.15) is 9.84 Å². The van der Waals surface area contributed by atoms with Gasteiger partial charge in [-0.2, -0.15) is 0 Å². The van der Waals surface area contributed by atoms with Crippen molar-refractivity contribution in [1.29, 1.82) is 0 Å². The van der Waals surface area contributed by atoms with Crippen LogP contribution in [0.15, 0.2) is 30.3 Å². The van der Waals surface area contributed by atoms with Gasteiger partial charge in [0.25, 0.3) is 0 Å². The van der Waals surface area contributed by atoms with Crippen LogP contribution in [-0.4, -0.2) is 20.4 Å². The molecule has 0 heterocycles. The van der Waals surface area contributed by atoms with Gasteiger partial charge in [-0.05, 0) is 12.0 Å². The summed E-state index contributed by atoms with van der Waals surface area (Å²) in [7, 11) is -2.82. The first kappa shape index (κ1) is 13.2. The van der Waals surface area contributed by atoms with Gasteiger partial charge in [-0.1, -0.05) is 44.2 Å². The molecule has 0 aliphatic carbocycles. The largest absolute Gasteiger partial charge is 0.229 e. The van der Waals surface area contributed by atoms with E-state index in [1.54, 1.807) is 0 Å². The third-order valence-electron chi connectivity index (χ3n) is 1.60. The molecule has 80 valence electrons. The van der Waals surface area contributed by atoms with Crippen LogP contribution in [0.25, 0.3) is 0 Å². The maximum Gasteiger partial charge on any atom is 0.147 e. The Morgan fingerprint density at radius 1 is 1.07 bits per heavy atom.